The summed E-state index contributed by atoms with van der Waals surface area (Å²) < 4.78 is 27.7. The van der Waals surface area contributed by atoms with Gasteiger partial charge in [0.2, 0.25) is 0 Å². The molecule has 3 rings (SSSR count). The van der Waals surface area contributed by atoms with Crippen LogP contribution in [-0.4, -0.2) is 78.8 Å². The van der Waals surface area contributed by atoms with E-state index in [0.717, 1.165) is 16.7 Å². The number of hydrogen-bond acceptors (Lipinski definition) is 8. The summed E-state index contributed by atoms with van der Waals surface area (Å²) in [4.78, 5) is 0. The van der Waals surface area contributed by atoms with Crippen molar-refractivity contribution in [3.8, 4) is 6.07 Å². The number of nitrogens with zero attached hydrogens (tertiary/aromatic N) is 2. The van der Waals surface area contributed by atoms with Gasteiger partial charge in [0.25, 0.3) is 8.53 Å². The normalized spacial score (nSPS) is 15.6. The predicted molar refractivity (Wildman–Crippen MR) is 174 cm³/mol. The van der Waals surface area contributed by atoms with Crippen molar-refractivity contribution in [3.05, 3.63) is 108 Å². The number of nitriles is 1. The van der Waals surface area contributed by atoms with Gasteiger partial charge >= 0.3 is 0 Å². The Hall–Kier alpha value is -2.70. The molecule has 0 fully saturated rings. The summed E-state index contributed by atoms with van der Waals surface area (Å²) in [5.74, 6) is 0. The third-order valence-corrected chi connectivity index (χ3v) is 9.83. The number of rotatable bonds is 18. The van der Waals surface area contributed by atoms with Crippen molar-refractivity contribution in [2.75, 3.05) is 27.4 Å². The zero-order chi connectivity index (χ0) is 32.1. The molecule has 0 heterocycles. The second-order valence-electron chi connectivity index (χ2n) is 11.1. The number of methoxy groups -OCH3 is 2. The van der Waals surface area contributed by atoms with E-state index in [-0.39, 0.29) is 25.1 Å². The van der Waals surface area contributed by atoms with Crippen LogP contribution in [0.4, 0.5) is 0 Å². The van der Waals surface area contributed by atoms with Crippen LogP contribution >= 0.6 is 8.53 Å². The molecule has 0 aromatic heterocycles. The van der Waals surface area contributed by atoms with Crippen molar-refractivity contribution < 1.29 is 28.7 Å². The van der Waals surface area contributed by atoms with Crippen LogP contribution in [-0.2, 0) is 23.9 Å². The van der Waals surface area contributed by atoms with E-state index in [1.807, 2.05) is 82.3 Å². The number of aliphatic hydroxyl groups excluding tert-OH is 2. The highest BCUT2D eigenvalue weighted by molar-refractivity contribution is 7.44. The number of benzene rings is 3. The minimum absolute atomic E-state index is 0.0337. The Balaban J connectivity index is 2.28. The third-order valence-electron chi connectivity index (χ3n) is 7.70. The van der Waals surface area contributed by atoms with Gasteiger partial charge in [-0.25, -0.2) is 4.67 Å². The Morgan fingerprint density at radius 3 is 1.57 bits per heavy atom. The summed E-state index contributed by atoms with van der Waals surface area (Å²) >= 11 is 0. The molecule has 0 saturated heterocycles. The van der Waals surface area contributed by atoms with Gasteiger partial charge in [-0.1, -0.05) is 91.0 Å². The van der Waals surface area contributed by atoms with Crippen LogP contribution in [0.3, 0.4) is 0 Å². The van der Waals surface area contributed by atoms with Gasteiger partial charge in [0.15, 0.2) is 0 Å². The summed E-state index contributed by atoms with van der Waals surface area (Å²) in [6.07, 6.45) is -3.86. The summed E-state index contributed by atoms with van der Waals surface area (Å²) in [5, 5.41) is 30.9. The van der Waals surface area contributed by atoms with Gasteiger partial charge in [0.05, 0.1) is 31.1 Å². The van der Waals surface area contributed by atoms with Crippen molar-refractivity contribution in [1.29, 1.82) is 5.26 Å². The molecule has 0 amide bonds. The number of ether oxygens (including phenoxy) is 2. The fraction of sp³-hybridized carbons (Fsp3) is 0.457. The first kappa shape index (κ1) is 35.8. The highest BCUT2D eigenvalue weighted by atomic mass is 31.2. The third kappa shape index (κ3) is 8.11. The van der Waals surface area contributed by atoms with E-state index >= 15 is 0 Å². The van der Waals surface area contributed by atoms with Crippen molar-refractivity contribution >= 4 is 8.53 Å². The molecule has 2 unspecified atom stereocenters. The van der Waals surface area contributed by atoms with E-state index in [1.165, 1.54) is 0 Å². The maximum absolute atomic E-state index is 11.4. The van der Waals surface area contributed by atoms with Crippen LogP contribution in [0.15, 0.2) is 91.0 Å². The van der Waals surface area contributed by atoms with Crippen molar-refractivity contribution in [2.24, 2.45) is 0 Å². The highest BCUT2D eigenvalue weighted by Gasteiger charge is 2.52. The highest BCUT2D eigenvalue weighted by Crippen LogP contribution is 2.50. The molecule has 5 atom stereocenters. The zero-order valence-electron chi connectivity index (χ0n) is 26.6. The molecule has 0 bridgehead atoms. The monoisotopic (exact) mass is 622 g/mol. The molecule has 3 aromatic carbocycles. The van der Waals surface area contributed by atoms with Crippen molar-refractivity contribution in [2.45, 2.75) is 76.0 Å². The summed E-state index contributed by atoms with van der Waals surface area (Å²) in [5.41, 5.74) is 1.96. The average molecular weight is 623 g/mol. The first-order valence-electron chi connectivity index (χ1n) is 15.0. The summed E-state index contributed by atoms with van der Waals surface area (Å²) in [6, 6.07) is 32.4. The zero-order valence-corrected chi connectivity index (χ0v) is 27.5. The van der Waals surface area contributed by atoms with Crippen LogP contribution in [0.1, 0.15) is 50.8 Å². The molecule has 0 radical (unpaired) electrons. The molecule has 0 aliphatic heterocycles. The Kier molecular flexibility index (Phi) is 14.4. The van der Waals surface area contributed by atoms with Gasteiger partial charge in [-0.15, -0.1) is 0 Å². The first-order valence-corrected chi connectivity index (χ1v) is 16.2. The van der Waals surface area contributed by atoms with Crippen LogP contribution in [0.25, 0.3) is 0 Å². The van der Waals surface area contributed by atoms with Crippen molar-refractivity contribution in [1.82, 2.24) is 4.67 Å². The van der Waals surface area contributed by atoms with Crippen LogP contribution in [0, 0.1) is 11.3 Å². The van der Waals surface area contributed by atoms with Crippen LogP contribution in [0.5, 0.6) is 0 Å². The molecule has 0 aliphatic rings. The van der Waals surface area contributed by atoms with Gasteiger partial charge in [0.1, 0.15) is 24.4 Å². The predicted octanol–water partition coefficient (Wildman–Crippen LogP) is 6.07. The molecule has 0 saturated carbocycles. The van der Waals surface area contributed by atoms with E-state index in [0.29, 0.717) is 0 Å². The van der Waals surface area contributed by atoms with Crippen molar-refractivity contribution in [3.63, 3.8) is 0 Å². The molecule has 3 aromatic rings. The lowest BCUT2D eigenvalue weighted by molar-refractivity contribution is -0.140. The lowest BCUT2D eigenvalue weighted by Gasteiger charge is -2.47. The van der Waals surface area contributed by atoms with Gasteiger partial charge in [-0.05, 0) is 44.4 Å². The Morgan fingerprint density at radius 1 is 0.773 bits per heavy atom. The average Bonchev–Trinajstić information content (AvgIpc) is 3.04. The minimum Gasteiger partial charge on any atom is -0.394 e. The summed E-state index contributed by atoms with van der Waals surface area (Å²) in [6.45, 7) is 7.76. The standard InChI is InChI=1S/C35H47N2O6P/c1-26(2)37(27(3)4)44(42-24-16-23-36)43-32(31(39)25-38)33(40-5)34(41-6)35(28-17-10-7-11-18-28,29-19-12-8-13-20-29)30-21-14-9-15-22-30/h7-15,17-22,26-27,31-34,38-39H,16,24-25H2,1-6H3/t31-,32-,33-,34?,44?/m1/s1. The van der Waals surface area contributed by atoms with E-state index in [9.17, 15) is 15.5 Å². The molecule has 2 N–H and O–H groups in total. The molecular formula is C35H47N2O6P. The fourth-order valence-corrected chi connectivity index (χ4v) is 7.71. The van der Waals surface area contributed by atoms with E-state index in [4.69, 9.17) is 18.5 Å². The molecule has 44 heavy (non-hydrogen) atoms. The van der Waals surface area contributed by atoms with E-state index in [1.54, 1.807) is 14.2 Å². The Morgan fingerprint density at radius 2 is 1.23 bits per heavy atom. The number of aliphatic hydroxyl groups is 2. The van der Waals surface area contributed by atoms with Gasteiger partial charge in [-0.3, -0.25) is 0 Å². The molecule has 0 aliphatic carbocycles. The largest absolute Gasteiger partial charge is 0.394 e. The molecule has 238 valence electrons. The van der Waals surface area contributed by atoms with Gasteiger partial charge < -0.3 is 28.7 Å². The summed E-state index contributed by atoms with van der Waals surface area (Å²) in [7, 11) is 1.41. The van der Waals surface area contributed by atoms with Gasteiger partial charge in [-0.2, -0.15) is 5.26 Å². The lowest BCUT2D eigenvalue weighted by Crippen LogP contribution is -2.57. The van der Waals surface area contributed by atoms with Gasteiger partial charge in [0, 0.05) is 26.3 Å². The van der Waals surface area contributed by atoms with E-state index in [2.05, 4.69) is 47.1 Å². The molecular weight excluding hydrogens is 575 g/mol. The fourth-order valence-electron chi connectivity index (χ4n) is 5.93. The quantitative estimate of drug-likeness (QED) is 0.100. The maximum atomic E-state index is 11.4. The second-order valence-corrected chi connectivity index (χ2v) is 12.5. The smallest absolute Gasteiger partial charge is 0.259 e. The molecule has 0 spiro atoms. The SMILES string of the molecule is COC([C@H](OC)[C@H](OP(OCCC#N)N(C(C)C)C(C)C)[C@H](O)CO)C(c1ccccc1)(c1ccccc1)c1ccccc1. The Labute approximate surface area is 264 Å². The first-order chi connectivity index (χ1) is 21.3. The second kappa shape index (κ2) is 17.7. The maximum Gasteiger partial charge on any atom is 0.259 e. The Bertz CT molecular complexity index is 1150. The number of hydrogen-bond donors (Lipinski definition) is 2. The minimum atomic E-state index is -1.78. The molecule has 8 nitrogen and oxygen atoms in total. The molecule has 9 heteroatoms. The van der Waals surface area contributed by atoms with Crippen LogP contribution < -0.4 is 0 Å². The van der Waals surface area contributed by atoms with Crippen LogP contribution in [0.2, 0.25) is 0 Å². The lowest BCUT2D eigenvalue weighted by atomic mass is 9.63. The topological polar surface area (TPSA) is 104 Å². The van der Waals surface area contributed by atoms with E-state index < -0.39 is 45.0 Å².